The number of rotatable bonds is 6. The monoisotopic (exact) mass is 288 g/mol. The maximum absolute atomic E-state index is 10.0. The molecule has 0 unspecified atom stereocenters. The Morgan fingerprint density at radius 1 is 1.21 bits per heavy atom. The van der Waals surface area contributed by atoms with E-state index in [1.807, 2.05) is 0 Å². The summed E-state index contributed by atoms with van der Waals surface area (Å²) in [6.45, 7) is 9.18. The number of carboxylic acids is 1. The Bertz CT molecular complexity index is 352. The van der Waals surface area contributed by atoms with Crippen molar-refractivity contribution in [1.29, 1.82) is 0 Å². The highest BCUT2D eigenvalue weighted by Crippen LogP contribution is 2.57. The summed E-state index contributed by atoms with van der Waals surface area (Å²) in [7, 11) is -0.420. The molecule has 0 fully saturated rings. The molecule has 1 rings (SSSR count). The van der Waals surface area contributed by atoms with Gasteiger partial charge in [-0.25, -0.2) is 0 Å². The Labute approximate surface area is 116 Å². The molecule has 0 aromatic carbocycles. The molecule has 0 aliphatic carbocycles. The first-order valence-corrected chi connectivity index (χ1v) is 9.26. The van der Waals surface area contributed by atoms with Gasteiger partial charge in [0, 0.05) is 12.8 Å². The zero-order valence-electron chi connectivity index (χ0n) is 12.3. The summed E-state index contributed by atoms with van der Waals surface area (Å²) in [4.78, 5) is 10.0. The third-order valence-electron chi connectivity index (χ3n) is 3.72. The number of aromatic carboxylic acids is 1. The molecule has 0 saturated heterocycles. The Morgan fingerprint density at radius 3 is 1.84 bits per heavy atom. The van der Waals surface area contributed by atoms with Gasteiger partial charge in [-0.1, -0.05) is 0 Å². The highest BCUT2D eigenvalue weighted by Gasteiger charge is 2.27. The average Bonchev–Trinajstić information content (AvgIpc) is 2.92. The van der Waals surface area contributed by atoms with E-state index in [-0.39, 0.29) is 12.4 Å². The molecule has 0 bridgehead atoms. The Kier molecular flexibility index (Phi) is 8.70. The predicted octanol–water partition coefficient (Wildman–Crippen LogP) is 2.22. The van der Waals surface area contributed by atoms with Gasteiger partial charge in [0.2, 0.25) is 0 Å². The average molecular weight is 288 g/mol. The second kappa shape index (κ2) is 9.11. The lowest BCUT2D eigenvalue weighted by Crippen LogP contribution is -2.21. The van der Waals surface area contributed by atoms with Crippen LogP contribution in [0.4, 0.5) is 0 Å². The van der Waals surface area contributed by atoms with Crippen molar-refractivity contribution in [3.8, 4) is 0 Å². The molecule has 110 valence electrons. The molecule has 1 aromatic heterocycles. The molecule has 0 aliphatic heterocycles. The van der Waals surface area contributed by atoms with Crippen molar-refractivity contribution >= 4 is 13.2 Å². The molecular weight excluding hydrogens is 263 g/mol. The van der Waals surface area contributed by atoms with Crippen molar-refractivity contribution in [3.05, 3.63) is 23.7 Å². The SMILES string of the molecule is CC[P+](CC)(CC)CC.O=C([O-])c1cc(CO)co1. The minimum atomic E-state index is -1.38. The van der Waals surface area contributed by atoms with Gasteiger partial charge >= 0.3 is 0 Å². The molecular formula is C14H25O4P. The van der Waals surface area contributed by atoms with Crippen molar-refractivity contribution in [2.24, 2.45) is 0 Å². The van der Waals surface area contributed by atoms with Gasteiger partial charge in [0.15, 0.2) is 0 Å². The lowest BCUT2D eigenvalue weighted by molar-refractivity contribution is -0.257. The van der Waals surface area contributed by atoms with Crippen LogP contribution in [0.25, 0.3) is 0 Å². The summed E-state index contributed by atoms with van der Waals surface area (Å²) in [5, 5.41) is 18.5. The van der Waals surface area contributed by atoms with E-state index < -0.39 is 13.2 Å². The largest absolute Gasteiger partial charge is 0.542 e. The molecule has 1 heterocycles. The van der Waals surface area contributed by atoms with Crippen LogP contribution in [0, 0.1) is 0 Å². The van der Waals surface area contributed by atoms with Crippen LogP contribution in [0.1, 0.15) is 43.8 Å². The zero-order chi connectivity index (χ0) is 14.9. The van der Waals surface area contributed by atoms with Crippen molar-refractivity contribution in [2.75, 3.05) is 24.6 Å². The van der Waals surface area contributed by atoms with Crippen LogP contribution in [-0.4, -0.2) is 35.7 Å². The minimum absolute atomic E-state index is 0.225. The quantitative estimate of drug-likeness (QED) is 0.815. The summed E-state index contributed by atoms with van der Waals surface area (Å²) in [5.74, 6) is -1.64. The molecule has 19 heavy (non-hydrogen) atoms. The number of aliphatic hydroxyl groups excluding tert-OH is 1. The van der Waals surface area contributed by atoms with Gasteiger partial charge in [0.25, 0.3) is 0 Å². The van der Waals surface area contributed by atoms with E-state index in [1.54, 1.807) is 0 Å². The molecule has 0 amide bonds. The van der Waals surface area contributed by atoms with E-state index in [0.717, 1.165) is 0 Å². The van der Waals surface area contributed by atoms with Crippen LogP contribution in [0.3, 0.4) is 0 Å². The number of hydrogen-bond donors (Lipinski definition) is 1. The van der Waals surface area contributed by atoms with Crippen molar-refractivity contribution in [2.45, 2.75) is 34.3 Å². The molecule has 0 radical (unpaired) electrons. The lowest BCUT2D eigenvalue weighted by atomic mass is 10.3. The first kappa shape index (κ1) is 18.1. The van der Waals surface area contributed by atoms with Crippen molar-refractivity contribution in [1.82, 2.24) is 0 Å². The van der Waals surface area contributed by atoms with Crippen LogP contribution in [-0.2, 0) is 6.61 Å². The molecule has 0 spiro atoms. The van der Waals surface area contributed by atoms with E-state index in [2.05, 4.69) is 32.1 Å². The van der Waals surface area contributed by atoms with Crippen LogP contribution in [0.5, 0.6) is 0 Å². The van der Waals surface area contributed by atoms with E-state index in [1.165, 1.54) is 37.0 Å². The van der Waals surface area contributed by atoms with E-state index in [0.29, 0.717) is 5.56 Å². The van der Waals surface area contributed by atoms with E-state index >= 15 is 0 Å². The number of carbonyl (C=O) groups excluding carboxylic acids is 1. The van der Waals surface area contributed by atoms with Gasteiger partial charge in [-0.3, -0.25) is 0 Å². The van der Waals surface area contributed by atoms with Crippen molar-refractivity contribution < 1.29 is 19.4 Å². The van der Waals surface area contributed by atoms with Crippen LogP contribution < -0.4 is 5.11 Å². The number of carboxylic acid groups (broad SMARTS) is 1. The van der Waals surface area contributed by atoms with Crippen LogP contribution >= 0.6 is 7.26 Å². The van der Waals surface area contributed by atoms with E-state index in [4.69, 9.17) is 5.11 Å². The Hall–Kier alpha value is -0.860. The van der Waals surface area contributed by atoms with Gasteiger partial charge in [0.1, 0.15) is 11.7 Å². The van der Waals surface area contributed by atoms with Gasteiger partial charge in [-0.2, -0.15) is 0 Å². The maximum atomic E-state index is 10.0. The molecule has 0 saturated carbocycles. The number of hydrogen-bond acceptors (Lipinski definition) is 4. The highest BCUT2D eigenvalue weighted by atomic mass is 31.2. The zero-order valence-corrected chi connectivity index (χ0v) is 13.2. The maximum Gasteiger partial charge on any atom is 0.149 e. The number of furan rings is 1. The summed E-state index contributed by atoms with van der Waals surface area (Å²) < 4.78 is 4.49. The molecule has 4 nitrogen and oxygen atoms in total. The molecule has 5 heteroatoms. The summed E-state index contributed by atoms with van der Waals surface area (Å²) >= 11 is 0. The third-order valence-corrected chi connectivity index (χ3v) is 9.09. The van der Waals surface area contributed by atoms with Gasteiger partial charge in [0.05, 0.1) is 37.5 Å². The first-order chi connectivity index (χ1) is 8.98. The first-order valence-electron chi connectivity index (χ1n) is 6.73. The molecule has 0 aliphatic rings. The second-order valence-electron chi connectivity index (χ2n) is 4.37. The summed E-state index contributed by atoms with van der Waals surface area (Å²) in [5.41, 5.74) is 0.430. The Morgan fingerprint density at radius 2 is 1.68 bits per heavy atom. The van der Waals surface area contributed by atoms with Crippen LogP contribution in [0.15, 0.2) is 16.7 Å². The highest BCUT2D eigenvalue weighted by molar-refractivity contribution is 7.75. The third kappa shape index (κ3) is 5.75. The van der Waals surface area contributed by atoms with Gasteiger partial charge < -0.3 is 19.4 Å². The summed E-state index contributed by atoms with van der Waals surface area (Å²) in [6, 6.07) is 1.22. The fourth-order valence-corrected chi connectivity index (χ4v) is 4.59. The minimum Gasteiger partial charge on any atom is -0.542 e. The fourth-order valence-electron chi connectivity index (χ4n) is 1.91. The number of carbonyl (C=O) groups is 1. The predicted molar refractivity (Wildman–Crippen MR) is 78.0 cm³/mol. The van der Waals surface area contributed by atoms with Crippen molar-refractivity contribution in [3.63, 3.8) is 0 Å². The smallest absolute Gasteiger partial charge is 0.149 e. The number of aliphatic hydroxyl groups is 1. The summed E-state index contributed by atoms with van der Waals surface area (Å²) in [6.07, 6.45) is 6.99. The molecule has 0 atom stereocenters. The molecule has 1 aromatic rings. The van der Waals surface area contributed by atoms with Gasteiger partial charge in [-0.05, 0) is 33.8 Å². The topological polar surface area (TPSA) is 73.5 Å². The normalized spacial score (nSPS) is 10.8. The van der Waals surface area contributed by atoms with E-state index in [9.17, 15) is 9.90 Å². The standard InChI is InChI=1S/C8H20P.C6H6O4/c1-5-9(6-2,7-3)8-4;7-2-4-1-5(6(8)9)10-3-4/h5-8H2,1-4H3;1,3,7H,2H2,(H,8,9)/q+1;/p-1. The van der Waals surface area contributed by atoms with Crippen LogP contribution in [0.2, 0.25) is 0 Å². The molecule has 1 N–H and O–H groups in total. The second-order valence-corrected chi connectivity index (χ2v) is 9.58. The lowest BCUT2D eigenvalue weighted by Gasteiger charge is -2.20. The fraction of sp³-hybridized carbons (Fsp3) is 0.643. The van der Waals surface area contributed by atoms with Gasteiger partial charge in [-0.15, -0.1) is 0 Å². The Balaban J connectivity index is 0.000000344.